The van der Waals surface area contributed by atoms with E-state index in [0.717, 1.165) is 0 Å². The second-order valence-corrected chi connectivity index (χ2v) is 3.83. The summed E-state index contributed by atoms with van der Waals surface area (Å²) in [5, 5.41) is 8.79. The van der Waals surface area contributed by atoms with Crippen molar-refractivity contribution in [2.75, 3.05) is 6.61 Å². The van der Waals surface area contributed by atoms with Gasteiger partial charge >= 0.3 is 0 Å². The molecule has 9 heavy (non-hydrogen) atoms. The van der Waals surface area contributed by atoms with Gasteiger partial charge in [0.1, 0.15) is 0 Å². The van der Waals surface area contributed by atoms with Crippen LogP contribution in [-0.4, -0.2) is 17.8 Å². The van der Waals surface area contributed by atoms with Crippen LogP contribution in [0.1, 0.15) is 20.8 Å². The van der Waals surface area contributed by atoms with E-state index in [1.54, 1.807) is 0 Å². The predicted octanol–water partition coefficient (Wildman–Crippen LogP) is 1.33. The molecule has 0 amide bonds. The van der Waals surface area contributed by atoms with E-state index in [2.05, 4.69) is 47.2 Å². The van der Waals surface area contributed by atoms with Gasteiger partial charge in [0.2, 0.25) is 0 Å². The normalized spacial score (nSPS) is 15.7. The second-order valence-electron chi connectivity index (χ2n) is 3.21. The first-order valence-electron chi connectivity index (χ1n) is 2.99. The van der Waals surface area contributed by atoms with Crippen molar-refractivity contribution in [2.24, 2.45) is 5.41 Å². The molecule has 0 aliphatic heterocycles. The SMILES string of the molecule is CC(C)(C)[C@@H](CO)NI. The molecule has 0 saturated heterocycles. The fourth-order valence-electron chi connectivity index (χ4n) is 0.472. The molecule has 0 heterocycles. The highest BCUT2D eigenvalue weighted by atomic mass is 127. The Labute approximate surface area is 70.5 Å². The van der Waals surface area contributed by atoms with Crippen LogP contribution in [0.4, 0.5) is 0 Å². The number of hydrogen-bond donors (Lipinski definition) is 2. The molecule has 0 saturated carbocycles. The maximum absolute atomic E-state index is 8.79. The van der Waals surface area contributed by atoms with Gasteiger partial charge in [0.15, 0.2) is 0 Å². The van der Waals surface area contributed by atoms with Crippen molar-refractivity contribution in [1.82, 2.24) is 3.53 Å². The molecule has 0 fully saturated rings. The summed E-state index contributed by atoms with van der Waals surface area (Å²) >= 11 is 2.06. The minimum absolute atomic E-state index is 0.149. The predicted molar refractivity (Wildman–Crippen MR) is 47.5 cm³/mol. The molecule has 0 radical (unpaired) electrons. The maximum Gasteiger partial charge on any atom is 0.0597 e. The van der Waals surface area contributed by atoms with Gasteiger partial charge < -0.3 is 5.11 Å². The van der Waals surface area contributed by atoms with Crippen LogP contribution in [0.2, 0.25) is 0 Å². The standard InChI is InChI=1S/C6H14INO/c1-6(2,3)5(4-9)8-7/h5,8-9H,4H2,1-3H3/t5-/m1/s1. The van der Waals surface area contributed by atoms with E-state index in [0.29, 0.717) is 0 Å². The maximum atomic E-state index is 8.79. The van der Waals surface area contributed by atoms with Crippen molar-refractivity contribution in [3.05, 3.63) is 0 Å². The summed E-state index contributed by atoms with van der Waals surface area (Å²) in [6.45, 7) is 6.49. The van der Waals surface area contributed by atoms with Crippen LogP contribution in [0.3, 0.4) is 0 Å². The van der Waals surface area contributed by atoms with E-state index in [1.807, 2.05) is 0 Å². The first-order chi connectivity index (χ1) is 4.02. The molecular formula is C6H14INO. The van der Waals surface area contributed by atoms with Gasteiger partial charge in [-0.2, -0.15) is 0 Å². The lowest BCUT2D eigenvalue weighted by Gasteiger charge is -2.27. The molecule has 0 aliphatic rings. The highest BCUT2D eigenvalue weighted by molar-refractivity contribution is 14.1. The van der Waals surface area contributed by atoms with Crippen LogP contribution in [0.25, 0.3) is 0 Å². The van der Waals surface area contributed by atoms with Crippen LogP contribution in [0.5, 0.6) is 0 Å². The lowest BCUT2D eigenvalue weighted by Crippen LogP contribution is -2.37. The Bertz CT molecular complexity index is 75.6. The lowest BCUT2D eigenvalue weighted by atomic mass is 9.88. The van der Waals surface area contributed by atoms with Crippen LogP contribution in [-0.2, 0) is 0 Å². The van der Waals surface area contributed by atoms with Crippen molar-refractivity contribution in [3.63, 3.8) is 0 Å². The number of hydrogen-bond acceptors (Lipinski definition) is 2. The molecule has 0 aromatic carbocycles. The summed E-state index contributed by atoms with van der Waals surface area (Å²) in [6.07, 6.45) is 0. The van der Waals surface area contributed by atoms with Crippen LogP contribution < -0.4 is 3.53 Å². The molecule has 0 rings (SSSR count). The first kappa shape index (κ1) is 9.65. The average Bonchev–Trinajstić information content (AvgIpc) is 1.65. The van der Waals surface area contributed by atoms with Gasteiger partial charge in [-0.1, -0.05) is 20.8 Å². The van der Waals surface area contributed by atoms with Gasteiger partial charge in [0.25, 0.3) is 0 Å². The first-order valence-corrected chi connectivity index (χ1v) is 4.07. The van der Waals surface area contributed by atoms with Gasteiger partial charge in [-0.3, -0.25) is 3.53 Å². The molecular weight excluding hydrogens is 229 g/mol. The summed E-state index contributed by atoms with van der Waals surface area (Å²) in [7, 11) is 0. The Morgan fingerprint density at radius 1 is 1.56 bits per heavy atom. The molecule has 2 N–H and O–H groups in total. The summed E-state index contributed by atoms with van der Waals surface area (Å²) in [5.41, 5.74) is 0.149. The van der Waals surface area contributed by atoms with Crippen molar-refractivity contribution in [2.45, 2.75) is 26.8 Å². The molecule has 0 aromatic rings. The smallest absolute Gasteiger partial charge is 0.0597 e. The van der Waals surface area contributed by atoms with Gasteiger partial charge in [-0.15, -0.1) is 0 Å². The number of aliphatic hydroxyl groups is 1. The van der Waals surface area contributed by atoms with E-state index in [-0.39, 0.29) is 18.1 Å². The van der Waals surface area contributed by atoms with Gasteiger partial charge in [-0.25, -0.2) is 0 Å². The Balaban J connectivity index is 3.79. The van der Waals surface area contributed by atoms with Crippen molar-refractivity contribution < 1.29 is 5.11 Å². The Hall–Kier alpha value is 0.650. The van der Waals surface area contributed by atoms with Gasteiger partial charge in [0.05, 0.1) is 6.61 Å². The van der Waals surface area contributed by atoms with Crippen LogP contribution in [0.15, 0.2) is 0 Å². The molecule has 56 valence electrons. The van der Waals surface area contributed by atoms with Crippen molar-refractivity contribution >= 4 is 22.9 Å². The monoisotopic (exact) mass is 243 g/mol. The van der Waals surface area contributed by atoms with Gasteiger partial charge in [-0.05, 0) is 5.41 Å². The minimum atomic E-state index is 0.149. The van der Waals surface area contributed by atoms with E-state index < -0.39 is 0 Å². The zero-order valence-corrected chi connectivity index (χ0v) is 8.27. The average molecular weight is 243 g/mol. The number of aliphatic hydroxyl groups excluding tert-OH is 1. The summed E-state index contributed by atoms with van der Waals surface area (Å²) in [6, 6.07) is 0.193. The molecule has 3 heteroatoms. The fraction of sp³-hybridized carbons (Fsp3) is 1.00. The Morgan fingerprint density at radius 3 is 2.00 bits per heavy atom. The third-order valence-corrected chi connectivity index (χ3v) is 2.11. The zero-order chi connectivity index (χ0) is 7.49. The minimum Gasteiger partial charge on any atom is -0.395 e. The zero-order valence-electron chi connectivity index (χ0n) is 6.11. The highest BCUT2D eigenvalue weighted by Gasteiger charge is 2.21. The molecule has 0 bridgehead atoms. The summed E-state index contributed by atoms with van der Waals surface area (Å²) in [4.78, 5) is 0. The molecule has 0 spiro atoms. The number of rotatable bonds is 2. The Kier molecular flexibility index (Phi) is 4.00. The molecule has 1 atom stereocenters. The number of nitrogens with one attached hydrogen (secondary N) is 1. The third-order valence-electron chi connectivity index (χ3n) is 1.36. The molecule has 2 nitrogen and oxygen atoms in total. The molecule has 0 aliphatic carbocycles. The Morgan fingerprint density at radius 2 is 2.00 bits per heavy atom. The topological polar surface area (TPSA) is 32.3 Å². The van der Waals surface area contributed by atoms with E-state index >= 15 is 0 Å². The fourth-order valence-corrected chi connectivity index (χ4v) is 1.60. The quantitative estimate of drug-likeness (QED) is 0.566. The highest BCUT2D eigenvalue weighted by Crippen LogP contribution is 2.19. The summed E-state index contributed by atoms with van der Waals surface area (Å²) < 4.78 is 3.01. The van der Waals surface area contributed by atoms with E-state index in [9.17, 15) is 0 Å². The van der Waals surface area contributed by atoms with E-state index in [1.165, 1.54) is 0 Å². The van der Waals surface area contributed by atoms with Crippen LogP contribution >= 0.6 is 22.9 Å². The second kappa shape index (κ2) is 3.73. The largest absolute Gasteiger partial charge is 0.395 e. The summed E-state index contributed by atoms with van der Waals surface area (Å²) in [5.74, 6) is 0. The van der Waals surface area contributed by atoms with Gasteiger partial charge in [0, 0.05) is 28.9 Å². The lowest BCUT2D eigenvalue weighted by molar-refractivity contribution is 0.183. The van der Waals surface area contributed by atoms with Crippen molar-refractivity contribution in [1.29, 1.82) is 0 Å². The molecule has 0 aromatic heterocycles. The van der Waals surface area contributed by atoms with Crippen LogP contribution in [0, 0.1) is 5.41 Å². The van der Waals surface area contributed by atoms with E-state index in [4.69, 9.17) is 5.11 Å². The molecule has 0 unspecified atom stereocenters. The third kappa shape index (κ3) is 3.37. The van der Waals surface area contributed by atoms with Crippen molar-refractivity contribution in [3.8, 4) is 0 Å². The number of halogens is 1.